The molecule has 4 saturated carbocycles. The van der Waals surface area contributed by atoms with E-state index < -0.39 is 21.7 Å². The number of hydrogen-bond donors (Lipinski definition) is 2. The molecule has 0 heterocycles. The molecule has 0 saturated heterocycles. The summed E-state index contributed by atoms with van der Waals surface area (Å²) in [6.07, 6.45) is 4.23. The molecular formula is C26H32N2O4. The van der Waals surface area contributed by atoms with Gasteiger partial charge in [-0.25, -0.2) is 0 Å². The number of nitrogens with one attached hydrogen (secondary N) is 2. The molecule has 0 aromatic heterocycles. The highest BCUT2D eigenvalue weighted by atomic mass is 16.2. The molecule has 4 bridgehead atoms. The van der Waals surface area contributed by atoms with Crippen molar-refractivity contribution in [1.29, 1.82) is 0 Å². The number of ketones is 2. The average Bonchev–Trinajstić information content (AvgIpc) is 3.46. The highest BCUT2D eigenvalue weighted by Crippen LogP contribution is 2.61. The Morgan fingerprint density at radius 3 is 1.53 bits per heavy atom. The summed E-state index contributed by atoms with van der Waals surface area (Å²) < 4.78 is 0. The maximum Gasteiger partial charge on any atom is 0.238 e. The second-order valence-electron chi connectivity index (χ2n) is 11.6. The number of Topliss-reactive ketones (excluding diaryl/α,β-unsaturated/α-hetero) is 2. The van der Waals surface area contributed by atoms with Crippen LogP contribution in [-0.4, -0.2) is 23.4 Å². The van der Waals surface area contributed by atoms with Gasteiger partial charge in [0.2, 0.25) is 11.8 Å². The minimum absolute atomic E-state index is 0.0421. The number of anilines is 2. The van der Waals surface area contributed by atoms with E-state index in [9.17, 15) is 19.2 Å². The lowest BCUT2D eigenvalue weighted by Gasteiger charge is -2.32. The smallest absolute Gasteiger partial charge is 0.238 e. The Morgan fingerprint density at radius 1 is 0.781 bits per heavy atom. The van der Waals surface area contributed by atoms with Crippen LogP contribution in [0.5, 0.6) is 0 Å². The summed E-state index contributed by atoms with van der Waals surface area (Å²) in [4.78, 5) is 52.4. The summed E-state index contributed by atoms with van der Waals surface area (Å²) >= 11 is 0. The van der Waals surface area contributed by atoms with Gasteiger partial charge < -0.3 is 10.6 Å². The normalized spacial score (nSPS) is 35.9. The molecule has 4 fully saturated rings. The van der Waals surface area contributed by atoms with Crippen LogP contribution in [0.15, 0.2) is 24.3 Å². The Labute approximate surface area is 188 Å². The topological polar surface area (TPSA) is 92.3 Å². The number of hydrogen-bond acceptors (Lipinski definition) is 4. The first-order chi connectivity index (χ1) is 14.9. The largest absolute Gasteiger partial charge is 0.325 e. The molecule has 1 aromatic rings. The predicted molar refractivity (Wildman–Crippen MR) is 121 cm³/mol. The van der Waals surface area contributed by atoms with E-state index in [0.717, 1.165) is 12.8 Å². The summed E-state index contributed by atoms with van der Waals surface area (Å²) in [7, 11) is 0. The number of benzene rings is 1. The van der Waals surface area contributed by atoms with Crippen molar-refractivity contribution in [2.45, 2.75) is 66.2 Å². The minimum atomic E-state index is -0.937. The molecule has 0 aliphatic heterocycles. The lowest BCUT2D eigenvalue weighted by Crippen LogP contribution is -2.44. The second kappa shape index (κ2) is 6.52. The van der Waals surface area contributed by atoms with E-state index in [2.05, 4.69) is 10.6 Å². The fourth-order valence-electron chi connectivity index (χ4n) is 7.13. The molecule has 4 atom stereocenters. The third kappa shape index (κ3) is 2.64. The SMILES string of the molecule is CC1(C)C(=O)[C@]2(C(=O)Nc3cccc(NC(=O)[C@@]45CC[C@@H](C4)C(C)(C)C5=O)c3)CC[C@@H]1C2. The lowest BCUT2D eigenvalue weighted by molar-refractivity contribution is -0.143. The summed E-state index contributed by atoms with van der Waals surface area (Å²) in [5.74, 6) is 0.108. The first kappa shape index (κ1) is 21.4. The number of amides is 2. The van der Waals surface area contributed by atoms with Crippen molar-refractivity contribution in [1.82, 2.24) is 0 Å². The predicted octanol–water partition coefficient (Wildman–Crippen LogP) is 4.35. The van der Waals surface area contributed by atoms with Crippen molar-refractivity contribution in [3.05, 3.63) is 24.3 Å². The van der Waals surface area contributed by atoms with E-state index >= 15 is 0 Å². The molecule has 32 heavy (non-hydrogen) atoms. The van der Waals surface area contributed by atoms with Crippen molar-refractivity contribution in [3.63, 3.8) is 0 Å². The quantitative estimate of drug-likeness (QED) is 0.686. The fourth-order valence-corrected chi connectivity index (χ4v) is 7.13. The van der Waals surface area contributed by atoms with Gasteiger partial charge in [-0.2, -0.15) is 0 Å². The Hall–Kier alpha value is -2.50. The van der Waals surface area contributed by atoms with E-state index in [-0.39, 0.29) is 35.2 Å². The first-order valence-electron chi connectivity index (χ1n) is 11.8. The van der Waals surface area contributed by atoms with E-state index in [1.165, 1.54) is 0 Å². The molecule has 2 amide bonds. The van der Waals surface area contributed by atoms with Crippen molar-refractivity contribution in [2.75, 3.05) is 10.6 Å². The van der Waals surface area contributed by atoms with Crippen LogP contribution >= 0.6 is 0 Å². The van der Waals surface area contributed by atoms with E-state index in [4.69, 9.17) is 0 Å². The standard InChI is InChI=1S/C26H32N2O4/c1-23(2)15-8-10-25(13-15,19(23)29)21(31)27-17-6-5-7-18(12-17)28-22(32)26-11-9-16(14-26)24(3,4)20(26)30/h5-7,12,15-16H,8-11,13-14H2,1-4H3,(H,27,31)(H,28,32)/t15-,16+,25-,26-/m0/s1. The van der Waals surface area contributed by atoms with Crippen LogP contribution < -0.4 is 10.6 Å². The average molecular weight is 437 g/mol. The van der Waals surface area contributed by atoms with Gasteiger partial charge in [0.25, 0.3) is 0 Å². The van der Waals surface area contributed by atoms with Crippen LogP contribution in [0.4, 0.5) is 11.4 Å². The van der Waals surface area contributed by atoms with Gasteiger partial charge >= 0.3 is 0 Å². The molecule has 6 nitrogen and oxygen atoms in total. The maximum absolute atomic E-state index is 13.2. The highest BCUT2D eigenvalue weighted by molar-refractivity contribution is 6.16. The third-order valence-electron chi connectivity index (χ3n) is 9.36. The van der Waals surface area contributed by atoms with Gasteiger partial charge in [0.05, 0.1) is 0 Å². The van der Waals surface area contributed by atoms with Crippen LogP contribution in [0.1, 0.15) is 66.2 Å². The van der Waals surface area contributed by atoms with Crippen molar-refractivity contribution in [2.24, 2.45) is 33.5 Å². The maximum atomic E-state index is 13.2. The van der Waals surface area contributed by atoms with Crippen LogP contribution in [-0.2, 0) is 19.2 Å². The molecule has 4 aliphatic carbocycles. The van der Waals surface area contributed by atoms with E-state index in [0.29, 0.717) is 37.1 Å². The molecule has 0 radical (unpaired) electrons. The zero-order valence-electron chi connectivity index (χ0n) is 19.3. The molecule has 2 N–H and O–H groups in total. The van der Waals surface area contributed by atoms with Crippen LogP contribution in [0.2, 0.25) is 0 Å². The van der Waals surface area contributed by atoms with Gasteiger partial charge in [0.15, 0.2) is 11.6 Å². The summed E-state index contributed by atoms with van der Waals surface area (Å²) in [5, 5.41) is 5.86. The van der Waals surface area contributed by atoms with Gasteiger partial charge in [-0.3, -0.25) is 19.2 Å². The molecule has 0 unspecified atom stereocenters. The van der Waals surface area contributed by atoms with Gasteiger partial charge in [0.1, 0.15) is 10.8 Å². The summed E-state index contributed by atoms with van der Waals surface area (Å²) in [6, 6.07) is 6.98. The van der Waals surface area contributed by atoms with Gasteiger partial charge in [0, 0.05) is 22.2 Å². The zero-order chi connectivity index (χ0) is 23.1. The molecule has 170 valence electrons. The van der Waals surface area contributed by atoms with Crippen LogP contribution in [0.3, 0.4) is 0 Å². The first-order valence-corrected chi connectivity index (χ1v) is 11.8. The van der Waals surface area contributed by atoms with Crippen molar-refractivity contribution >= 4 is 34.8 Å². The lowest BCUT2D eigenvalue weighted by atomic mass is 9.70. The highest BCUT2D eigenvalue weighted by Gasteiger charge is 2.66. The van der Waals surface area contributed by atoms with Gasteiger partial charge in [-0.1, -0.05) is 33.8 Å². The minimum Gasteiger partial charge on any atom is -0.325 e. The Morgan fingerprint density at radius 2 is 1.19 bits per heavy atom. The molecule has 0 spiro atoms. The van der Waals surface area contributed by atoms with Gasteiger partial charge in [-0.15, -0.1) is 0 Å². The Balaban J connectivity index is 1.32. The molecular weight excluding hydrogens is 404 g/mol. The van der Waals surface area contributed by atoms with Crippen molar-refractivity contribution in [3.8, 4) is 0 Å². The molecule has 5 rings (SSSR count). The number of carbonyl (C=O) groups excluding carboxylic acids is 4. The van der Waals surface area contributed by atoms with E-state index in [1.54, 1.807) is 24.3 Å². The molecule has 6 heteroatoms. The van der Waals surface area contributed by atoms with Gasteiger partial charge in [-0.05, 0) is 68.6 Å². The molecule has 4 aliphatic rings. The third-order valence-corrected chi connectivity index (χ3v) is 9.36. The van der Waals surface area contributed by atoms with E-state index in [1.807, 2.05) is 27.7 Å². The Kier molecular flexibility index (Phi) is 4.35. The van der Waals surface area contributed by atoms with Crippen LogP contribution in [0, 0.1) is 33.5 Å². The Bertz CT molecular complexity index is 978. The van der Waals surface area contributed by atoms with Crippen LogP contribution in [0.25, 0.3) is 0 Å². The zero-order valence-corrected chi connectivity index (χ0v) is 19.3. The molecule has 1 aromatic carbocycles. The number of carbonyl (C=O) groups is 4. The number of rotatable bonds is 4. The van der Waals surface area contributed by atoms with Crippen molar-refractivity contribution < 1.29 is 19.2 Å². The summed E-state index contributed by atoms with van der Waals surface area (Å²) in [6.45, 7) is 7.79. The monoisotopic (exact) mass is 436 g/mol. The second-order valence-corrected chi connectivity index (χ2v) is 11.6. The summed E-state index contributed by atoms with van der Waals surface area (Å²) in [5.41, 5.74) is -1.69. The fraction of sp³-hybridized carbons (Fsp3) is 0.615. The number of fused-ring (bicyclic) bond motifs is 4.